The second-order valence-corrected chi connectivity index (χ2v) is 4.85. The summed E-state index contributed by atoms with van der Waals surface area (Å²) in [6.45, 7) is 2.51. The minimum atomic E-state index is -0.0775. The molecule has 5 heteroatoms. The van der Waals surface area contributed by atoms with Gasteiger partial charge in [-0.15, -0.1) is 11.3 Å². The SMILES string of the molecule is C[C@@H](CCN)n1nc(-c2cccs2)ccc1=O. The van der Waals surface area contributed by atoms with Crippen molar-refractivity contribution < 1.29 is 0 Å². The molecule has 17 heavy (non-hydrogen) atoms. The molecule has 2 heterocycles. The van der Waals surface area contributed by atoms with Crippen molar-refractivity contribution in [1.82, 2.24) is 9.78 Å². The van der Waals surface area contributed by atoms with Gasteiger partial charge < -0.3 is 5.73 Å². The molecule has 0 bridgehead atoms. The van der Waals surface area contributed by atoms with Crippen LogP contribution in [0.25, 0.3) is 10.6 Å². The molecule has 0 fully saturated rings. The summed E-state index contributed by atoms with van der Waals surface area (Å²) in [4.78, 5) is 12.8. The van der Waals surface area contributed by atoms with Gasteiger partial charge in [-0.3, -0.25) is 4.79 Å². The van der Waals surface area contributed by atoms with Crippen molar-refractivity contribution in [2.75, 3.05) is 6.54 Å². The van der Waals surface area contributed by atoms with Crippen LogP contribution in [0.5, 0.6) is 0 Å². The number of aromatic nitrogens is 2. The van der Waals surface area contributed by atoms with Gasteiger partial charge >= 0.3 is 0 Å². The van der Waals surface area contributed by atoms with Crippen LogP contribution in [-0.4, -0.2) is 16.3 Å². The van der Waals surface area contributed by atoms with Gasteiger partial charge in [0, 0.05) is 6.07 Å². The fraction of sp³-hybridized carbons (Fsp3) is 0.333. The van der Waals surface area contributed by atoms with Gasteiger partial charge in [-0.1, -0.05) is 6.07 Å². The summed E-state index contributed by atoms with van der Waals surface area (Å²) in [7, 11) is 0. The van der Waals surface area contributed by atoms with Crippen molar-refractivity contribution in [2.24, 2.45) is 5.73 Å². The van der Waals surface area contributed by atoms with E-state index in [-0.39, 0.29) is 11.6 Å². The Balaban J connectivity index is 2.39. The molecule has 0 amide bonds. The van der Waals surface area contributed by atoms with Crippen molar-refractivity contribution in [3.05, 3.63) is 40.0 Å². The Labute approximate surface area is 104 Å². The largest absolute Gasteiger partial charge is 0.330 e. The Morgan fingerprint density at radius 3 is 2.94 bits per heavy atom. The number of nitrogens with two attached hydrogens (primary N) is 1. The molecule has 0 saturated heterocycles. The predicted octanol–water partition coefficient (Wildman–Crippen LogP) is 1.88. The van der Waals surface area contributed by atoms with Crippen molar-refractivity contribution >= 4 is 11.3 Å². The third kappa shape index (κ3) is 2.62. The van der Waals surface area contributed by atoms with Crippen LogP contribution < -0.4 is 11.3 Å². The molecule has 2 aromatic heterocycles. The summed E-state index contributed by atoms with van der Waals surface area (Å²) in [5.74, 6) is 0. The Hall–Kier alpha value is -1.46. The van der Waals surface area contributed by atoms with Crippen LogP contribution in [0.1, 0.15) is 19.4 Å². The Morgan fingerprint density at radius 1 is 1.47 bits per heavy atom. The fourth-order valence-electron chi connectivity index (χ4n) is 1.66. The summed E-state index contributed by atoms with van der Waals surface area (Å²) in [6.07, 6.45) is 0.751. The second-order valence-electron chi connectivity index (χ2n) is 3.91. The first-order chi connectivity index (χ1) is 8.22. The molecular weight excluding hydrogens is 234 g/mol. The quantitative estimate of drug-likeness (QED) is 0.900. The first kappa shape index (κ1) is 12.0. The van der Waals surface area contributed by atoms with Crippen LogP contribution in [0.15, 0.2) is 34.4 Å². The highest BCUT2D eigenvalue weighted by atomic mass is 32.1. The smallest absolute Gasteiger partial charge is 0.267 e. The predicted molar refractivity (Wildman–Crippen MR) is 70.2 cm³/mol. The van der Waals surface area contributed by atoms with Gasteiger partial charge in [-0.25, -0.2) is 4.68 Å². The normalized spacial score (nSPS) is 12.6. The van der Waals surface area contributed by atoms with Crippen molar-refractivity contribution in [1.29, 1.82) is 0 Å². The monoisotopic (exact) mass is 249 g/mol. The maximum atomic E-state index is 11.7. The van der Waals surface area contributed by atoms with E-state index in [0.717, 1.165) is 17.0 Å². The standard InChI is InChI=1S/C12H15N3OS/c1-9(6-7-13)15-12(16)5-4-10(14-15)11-3-2-8-17-11/h2-5,8-9H,6-7,13H2,1H3/t9-/m0/s1. The van der Waals surface area contributed by atoms with Crippen molar-refractivity contribution in [3.8, 4) is 10.6 Å². The molecule has 0 unspecified atom stereocenters. The number of hydrogen-bond donors (Lipinski definition) is 1. The van der Waals surface area contributed by atoms with E-state index in [0.29, 0.717) is 6.54 Å². The summed E-state index contributed by atoms with van der Waals surface area (Å²) >= 11 is 1.61. The molecule has 0 aliphatic carbocycles. The fourth-order valence-corrected chi connectivity index (χ4v) is 2.35. The average Bonchev–Trinajstić information content (AvgIpc) is 2.83. The average molecular weight is 249 g/mol. The Bertz CT molecular complexity index is 533. The zero-order chi connectivity index (χ0) is 12.3. The molecule has 1 atom stereocenters. The lowest BCUT2D eigenvalue weighted by Gasteiger charge is -2.13. The summed E-state index contributed by atoms with van der Waals surface area (Å²) in [5.41, 5.74) is 6.27. The molecule has 0 saturated carbocycles. The van der Waals surface area contributed by atoms with Crippen LogP contribution in [0.2, 0.25) is 0 Å². The van der Waals surface area contributed by atoms with Crippen LogP contribution in [-0.2, 0) is 0 Å². The lowest BCUT2D eigenvalue weighted by atomic mass is 10.2. The number of rotatable bonds is 4. The van der Waals surface area contributed by atoms with Gasteiger partial charge in [0.2, 0.25) is 0 Å². The van der Waals surface area contributed by atoms with E-state index in [1.165, 1.54) is 4.68 Å². The van der Waals surface area contributed by atoms with E-state index in [9.17, 15) is 4.79 Å². The van der Waals surface area contributed by atoms with Crippen LogP contribution >= 0.6 is 11.3 Å². The number of hydrogen-bond acceptors (Lipinski definition) is 4. The third-order valence-corrected chi connectivity index (χ3v) is 3.49. The minimum absolute atomic E-state index is 0.0346. The number of thiophene rings is 1. The molecule has 0 aromatic carbocycles. The van der Waals surface area contributed by atoms with E-state index in [1.807, 2.05) is 24.4 Å². The lowest BCUT2D eigenvalue weighted by molar-refractivity contribution is 0.445. The zero-order valence-corrected chi connectivity index (χ0v) is 10.5. The maximum Gasteiger partial charge on any atom is 0.267 e. The third-order valence-electron chi connectivity index (χ3n) is 2.60. The molecular formula is C12H15N3OS. The molecule has 2 N–H and O–H groups in total. The van der Waals surface area contributed by atoms with Gasteiger partial charge in [0.05, 0.1) is 10.9 Å². The van der Waals surface area contributed by atoms with Crippen molar-refractivity contribution in [2.45, 2.75) is 19.4 Å². The molecule has 0 radical (unpaired) electrons. The van der Waals surface area contributed by atoms with Gasteiger partial charge in [0.15, 0.2) is 0 Å². The zero-order valence-electron chi connectivity index (χ0n) is 9.67. The second kappa shape index (κ2) is 5.25. The topological polar surface area (TPSA) is 60.9 Å². The molecule has 0 aliphatic rings. The van der Waals surface area contributed by atoms with E-state index in [1.54, 1.807) is 23.5 Å². The van der Waals surface area contributed by atoms with E-state index < -0.39 is 0 Å². The molecule has 0 spiro atoms. The van der Waals surface area contributed by atoms with Gasteiger partial charge in [0.1, 0.15) is 5.69 Å². The van der Waals surface area contributed by atoms with Gasteiger partial charge in [-0.05, 0) is 37.4 Å². The van der Waals surface area contributed by atoms with E-state index >= 15 is 0 Å². The Kier molecular flexibility index (Phi) is 3.71. The molecule has 4 nitrogen and oxygen atoms in total. The van der Waals surface area contributed by atoms with E-state index in [4.69, 9.17) is 5.73 Å². The molecule has 2 rings (SSSR count). The highest BCUT2D eigenvalue weighted by molar-refractivity contribution is 7.13. The van der Waals surface area contributed by atoms with Crippen LogP contribution in [0.3, 0.4) is 0 Å². The molecule has 2 aromatic rings. The first-order valence-electron chi connectivity index (χ1n) is 5.56. The maximum absolute atomic E-state index is 11.7. The minimum Gasteiger partial charge on any atom is -0.330 e. The summed E-state index contributed by atoms with van der Waals surface area (Å²) in [6, 6.07) is 7.33. The van der Waals surface area contributed by atoms with Crippen LogP contribution in [0.4, 0.5) is 0 Å². The van der Waals surface area contributed by atoms with Crippen LogP contribution in [0, 0.1) is 0 Å². The molecule has 90 valence electrons. The highest BCUT2D eigenvalue weighted by Crippen LogP contribution is 2.21. The summed E-state index contributed by atoms with van der Waals surface area (Å²) < 4.78 is 1.52. The first-order valence-corrected chi connectivity index (χ1v) is 6.44. The van der Waals surface area contributed by atoms with E-state index in [2.05, 4.69) is 5.10 Å². The molecule has 0 aliphatic heterocycles. The summed E-state index contributed by atoms with van der Waals surface area (Å²) in [5, 5.41) is 6.39. The van der Waals surface area contributed by atoms with Gasteiger partial charge in [0.25, 0.3) is 5.56 Å². The Morgan fingerprint density at radius 2 is 2.29 bits per heavy atom. The van der Waals surface area contributed by atoms with Crippen molar-refractivity contribution in [3.63, 3.8) is 0 Å². The highest BCUT2D eigenvalue weighted by Gasteiger charge is 2.09. The number of nitrogens with zero attached hydrogens (tertiary/aromatic N) is 2. The lowest BCUT2D eigenvalue weighted by Crippen LogP contribution is -2.26. The van der Waals surface area contributed by atoms with Gasteiger partial charge in [-0.2, -0.15) is 5.10 Å².